The molecule has 2 atom stereocenters. The summed E-state index contributed by atoms with van der Waals surface area (Å²) in [6, 6.07) is 0. The Hall–Kier alpha value is -1.69. The average molecular weight is 256 g/mol. The molecule has 0 aromatic rings. The van der Waals surface area contributed by atoms with Crippen LogP contribution >= 0.6 is 0 Å². The number of carboxylic acid groups (broad SMARTS) is 1. The third-order valence-electron chi connectivity index (χ3n) is 2.77. The van der Waals surface area contributed by atoms with Crippen LogP contribution in [0, 0.1) is 5.92 Å². The largest absolute Gasteiger partial charge is 0.480 e. The summed E-state index contributed by atoms with van der Waals surface area (Å²) in [5, 5.41) is 9.11. The Labute approximate surface area is 106 Å². The Bertz CT molecular complexity index is 365. The van der Waals surface area contributed by atoms with Crippen molar-refractivity contribution in [3.05, 3.63) is 12.2 Å². The Morgan fingerprint density at radius 2 is 1.94 bits per heavy atom. The van der Waals surface area contributed by atoms with Gasteiger partial charge in [-0.3, -0.25) is 9.59 Å². The smallest absolute Gasteiger partial charge is 0.332 e. The molecule has 0 saturated carbocycles. The van der Waals surface area contributed by atoms with E-state index in [1.54, 1.807) is 6.08 Å². The number of carboxylic acids is 1. The average Bonchev–Trinajstić information content (AvgIpc) is 2.26. The summed E-state index contributed by atoms with van der Waals surface area (Å²) in [6.45, 7) is 3.35. The van der Waals surface area contributed by atoms with E-state index in [1.807, 2.05) is 6.92 Å². The number of primary amides is 1. The lowest BCUT2D eigenvalue weighted by Gasteiger charge is -2.27. The zero-order valence-electron chi connectivity index (χ0n) is 10.7. The van der Waals surface area contributed by atoms with Gasteiger partial charge in [-0.15, -0.1) is 0 Å². The molecule has 0 radical (unpaired) electrons. The molecule has 6 nitrogen and oxygen atoms in total. The SMILES string of the molecule is CCCC=CC(=O)C(N)(C(=O)O)C(C)CC(N)=O. The normalized spacial score (nSPS) is 16.2. The van der Waals surface area contributed by atoms with Gasteiger partial charge in [0, 0.05) is 12.3 Å². The molecule has 0 heterocycles. The van der Waals surface area contributed by atoms with Crippen LogP contribution in [0.5, 0.6) is 0 Å². The van der Waals surface area contributed by atoms with E-state index in [-0.39, 0.29) is 6.42 Å². The van der Waals surface area contributed by atoms with Gasteiger partial charge in [0.05, 0.1) is 0 Å². The predicted octanol–water partition coefficient (Wildman–Crippen LogP) is 0.205. The maximum absolute atomic E-state index is 11.9. The van der Waals surface area contributed by atoms with Gasteiger partial charge in [0.25, 0.3) is 0 Å². The lowest BCUT2D eigenvalue weighted by atomic mass is 9.80. The molecule has 0 aliphatic rings. The zero-order valence-corrected chi connectivity index (χ0v) is 10.7. The van der Waals surface area contributed by atoms with Crippen molar-refractivity contribution >= 4 is 17.7 Å². The van der Waals surface area contributed by atoms with Gasteiger partial charge in [-0.1, -0.05) is 26.3 Å². The Morgan fingerprint density at radius 1 is 1.39 bits per heavy atom. The van der Waals surface area contributed by atoms with Gasteiger partial charge >= 0.3 is 5.97 Å². The first-order valence-corrected chi connectivity index (χ1v) is 5.78. The fourth-order valence-electron chi connectivity index (χ4n) is 1.52. The first-order chi connectivity index (χ1) is 8.26. The van der Waals surface area contributed by atoms with Crippen molar-refractivity contribution in [2.24, 2.45) is 17.4 Å². The van der Waals surface area contributed by atoms with Crippen LogP contribution < -0.4 is 11.5 Å². The van der Waals surface area contributed by atoms with E-state index in [1.165, 1.54) is 6.92 Å². The maximum atomic E-state index is 11.9. The molecule has 5 N–H and O–H groups in total. The van der Waals surface area contributed by atoms with Gasteiger partial charge in [0.1, 0.15) is 0 Å². The van der Waals surface area contributed by atoms with Crippen LogP contribution in [0.25, 0.3) is 0 Å². The molecule has 0 aliphatic carbocycles. The second-order valence-electron chi connectivity index (χ2n) is 4.30. The number of rotatable bonds is 8. The first-order valence-electron chi connectivity index (χ1n) is 5.78. The van der Waals surface area contributed by atoms with E-state index >= 15 is 0 Å². The van der Waals surface area contributed by atoms with Gasteiger partial charge in [-0.05, 0) is 12.5 Å². The van der Waals surface area contributed by atoms with Gasteiger partial charge in [0.2, 0.25) is 5.91 Å². The number of amides is 1. The fraction of sp³-hybridized carbons (Fsp3) is 0.583. The highest BCUT2D eigenvalue weighted by molar-refractivity contribution is 6.13. The predicted molar refractivity (Wildman–Crippen MR) is 66.6 cm³/mol. The number of hydrogen-bond acceptors (Lipinski definition) is 4. The van der Waals surface area contributed by atoms with Crippen molar-refractivity contribution in [3.8, 4) is 0 Å². The van der Waals surface area contributed by atoms with E-state index in [0.717, 1.165) is 12.5 Å². The van der Waals surface area contributed by atoms with Crippen LogP contribution in [0.2, 0.25) is 0 Å². The molecule has 1 amide bonds. The van der Waals surface area contributed by atoms with Crippen molar-refractivity contribution in [3.63, 3.8) is 0 Å². The first kappa shape index (κ1) is 16.3. The molecular formula is C12H20N2O4. The van der Waals surface area contributed by atoms with Crippen LogP contribution in [0.15, 0.2) is 12.2 Å². The number of hydrogen-bond donors (Lipinski definition) is 3. The lowest BCUT2D eigenvalue weighted by molar-refractivity contribution is -0.149. The third-order valence-corrected chi connectivity index (χ3v) is 2.77. The number of carbonyl (C=O) groups is 3. The summed E-state index contributed by atoms with van der Waals surface area (Å²) in [6.07, 6.45) is 3.98. The van der Waals surface area contributed by atoms with E-state index in [4.69, 9.17) is 16.6 Å². The molecular weight excluding hydrogens is 236 g/mol. The van der Waals surface area contributed by atoms with Crippen molar-refractivity contribution < 1.29 is 19.5 Å². The quantitative estimate of drug-likeness (QED) is 0.423. The van der Waals surface area contributed by atoms with Crippen molar-refractivity contribution in [2.45, 2.75) is 38.6 Å². The number of allylic oxidation sites excluding steroid dienone is 1. The minimum absolute atomic E-state index is 0.254. The molecule has 0 aliphatic heterocycles. The van der Waals surface area contributed by atoms with Gasteiger partial charge < -0.3 is 16.6 Å². The molecule has 0 spiro atoms. The van der Waals surface area contributed by atoms with Crippen LogP contribution in [0.3, 0.4) is 0 Å². The monoisotopic (exact) mass is 256 g/mol. The molecule has 0 aromatic carbocycles. The summed E-state index contributed by atoms with van der Waals surface area (Å²) in [4.78, 5) is 33.9. The summed E-state index contributed by atoms with van der Waals surface area (Å²) < 4.78 is 0. The number of nitrogens with two attached hydrogens (primary N) is 2. The maximum Gasteiger partial charge on any atom is 0.332 e. The topological polar surface area (TPSA) is 123 Å². The fourth-order valence-corrected chi connectivity index (χ4v) is 1.52. The zero-order chi connectivity index (χ0) is 14.3. The number of ketones is 1. The Balaban J connectivity index is 5.08. The van der Waals surface area contributed by atoms with Crippen LogP contribution in [-0.2, 0) is 14.4 Å². The third kappa shape index (κ3) is 3.96. The minimum Gasteiger partial charge on any atom is -0.480 e. The second kappa shape index (κ2) is 6.90. The van der Waals surface area contributed by atoms with Crippen LogP contribution in [0.4, 0.5) is 0 Å². The molecule has 0 fully saturated rings. The number of carbonyl (C=O) groups excluding carboxylic acids is 2. The van der Waals surface area contributed by atoms with Gasteiger partial charge in [-0.25, -0.2) is 4.79 Å². The molecule has 2 unspecified atom stereocenters. The lowest BCUT2D eigenvalue weighted by Crippen LogP contribution is -2.59. The van der Waals surface area contributed by atoms with Crippen molar-refractivity contribution in [2.75, 3.05) is 0 Å². The highest BCUT2D eigenvalue weighted by Gasteiger charge is 2.46. The van der Waals surface area contributed by atoms with Crippen LogP contribution in [-0.4, -0.2) is 28.3 Å². The van der Waals surface area contributed by atoms with Crippen molar-refractivity contribution in [1.82, 2.24) is 0 Å². The van der Waals surface area contributed by atoms with E-state index in [9.17, 15) is 14.4 Å². The molecule has 0 bridgehead atoms. The van der Waals surface area contributed by atoms with Crippen molar-refractivity contribution in [1.29, 1.82) is 0 Å². The number of unbranched alkanes of at least 4 members (excludes halogenated alkanes) is 1. The summed E-state index contributed by atoms with van der Waals surface area (Å²) in [5.74, 6) is -3.74. The van der Waals surface area contributed by atoms with Gasteiger partial charge in [-0.2, -0.15) is 0 Å². The highest BCUT2D eigenvalue weighted by atomic mass is 16.4. The Kier molecular flexibility index (Phi) is 6.26. The number of aliphatic carboxylic acids is 1. The molecule has 0 rings (SSSR count). The second-order valence-corrected chi connectivity index (χ2v) is 4.30. The summed E-state index contributed by atoms with van der Waals surface area (Å²) >= 11 is 0. The Morgan fingerprint density at radius 3 is 2.33 bits per heavy atom. The molecule has 18 heavy (non-hydrogen) atoms. The minimum atomic E-state index is -2.11. The van der Waals surface area contributed by atoms with Gasteiger partial charge in [0.15, 0.2) is 11.3 Å². The van der Waals surface area contributed by atoms with Crippen LogP contribution in [0.1, 0.15) is 33.1 Å². The van der Waals surface area contributed by atoms with E-state index in [0.29, 0.717) is 6.42 Å². The molecule has 6 heteroatoms. The van der Waals surface area contributed by atoms with E-state index < -0.39 is 29.1 Å². The van der Waals surface area contributed by atoms with E-state index in [2.05, 4.69) is 0 Å². The standard InChI is InChI=1S/C12H20N2O4/c1-3-4-5-6-9(15)12(14,11(17)18)8(2)7-10(13)16/h5-6,8H,3-4,7,14H2,1-2H3,(H2,13,16)(H,17,18). The summed E-state index contributed by atoms with van der Waals surface area (Å²) in [7, 11) is 0. The molecule has 0 aromatic heterocycles. The highest BCUT2D eigenvalue weighted by Crippen LogP contribution is 2.20. The molecule has 0 saturated heterocycles. The molecule has 102 valence electrons. The summed E-state index contributed by atoms with van der Waals surface area (Å²) in [5.41, 5.74) is 8.53.